The Morgan fingerprint density at radius 3 is 2.50 bits per heavy atom. The minimum atomic E-state index is -0.422. The van der Waals surface area contributed by atoms with E-state index in [2.05, 4.69) is 33.0 Å². The SMILES string of the molecule is CC(C)CC(C)NCC1(C)CCCN(C(=O)OC(C)(C)C)C1. The lowest BCUT2D eigenvalue weighted by Crippen LogP contribution is -2.51. The second-order valence-corrected chi connectivity index (χ2v) is 8.73. The standard InChI is InChI=1S/C18H36N2O2/c1-14(2)11-15(3)19-12-18(7)9-8-10-20(13-18)16(21)22-17(4,5)6/h14-15,19H,8-13H2,1-7H3. The fourth-order valence-corrected chi connectivity index (χ4v) is 3.15. The lowest BCUT2D eigenvalue weighted by Gasteiger charge is -2.41. The summed E-state index contributed by atoms with van der Waals surface area (Å²) in [5, 5.41) is 3.65. The molecule has 1 N–H and O–H groups in total. The maximum Gasteiger partial charge on any atom is 0.410 e. The smallest absolute Gasteiger partial charge is 0.410 e. The molecule has 0 radical (unpaired) electrons. The first-order valence-electron chi connectivity index (χ1n) is 8.72. The molecule has 0 bridgehead atoms. The molecule has 130 valence electrons. The molecule has 0 saturated carbocycles. The van der Waals surface area contributed by atoms with Crippen LogP contribution in [0.1, 0.15) is 67.7 Å². The zero-order valence-corrected chi connectivity index (χ0v) is 15.7. The third-order valence-electron chi connectivity index (χ3n) is 4.13. The number of hydrogen-bond acceptors (Lipinski definition) is 3. The number of amides is 1. The first-order chi connectivity index (χ1) is 10.0. The molecule has 1 amide bonds. The van der Waals surface area contributed by atoms with Crippen LogP contribution in [0.25, 0.3) is 0 Å². The Bertz CT molecular complexity index is 363. The minimum Gasteiger partial charge on any atom is -0.444 e. The van der Waals surface area contributed by atoms with E-state index in [1.165, 1.54) is 6.42 Å². The molecule has 1 heterocycles. The second-order valence-electron chi connectivity index (χ2n) is 8.73. The van der Waals surface area contributed by atoms with Crippen molar-refractivity contribution < 1.29 is 9.53 Å². The Morgan fingerprint density at radius 1 is 1.32 bits per heavy atom. The molecule has 0 aromatic heterocycles. The van der Waals surface area contributed by atoms with Crippen LogP contribution in [-0.4, -0.2) is 42.3 Å². The van der Waals surface area contributed by atoms with Crippen LogP contribution < -0.4 is 5.32 Å². The van der Waals surface area contributed by atoms with Crippen LogP contribution in [-0.2, 0) is 4.74 Å². The summed E-state index contributed by atoms with van der Waals surface area (Å²) < 4.78 is 5.52. The lowest BCUT2D eigenvalue weighted by atomic mass is 9.81. The van der Waals surface area contributed by atoms with Crippen molar-refractivity contribution in [3.63, 3.8) is 0 Å². The van der Waals surface area contributed by atoms with Gasteiger partial charge in [-0.15, -0.1) is 0 Å². The number of likely N-dealkylation sites (tertiary alicyclic amines) is 1. The van der Waals surface area contributed by atoms with E-state index in [9.17, 15) is 4.79 Å². The third kappa shape index (κ3) is 6.99. The molecular weight excluding hydrogens is 276 g/mol. The van der Waals surface area contributed by atoms with Crippen LogP contribution in [0, 0.1) is 11.3 Å². The Labute approximate surface area is 137 Å². The molecule has 22 heavy (non-hydrogen) atoms. The van der Waals surface area contributed by atoms with Gasteiger partial charge < -0.3 is 15.0 Å². The highest BCUT2D eigenvalue weighted by Gasteiger charge is 2.35. The van der Waals surface area contributed by atoms with E-state index in [-0.39, 0.29) is 11.5 Å². The Balaban J connectivity index is 2.51. The van der Waals surface area contributed by atoms with E-state index in [1.54, 1.807) is 0 Å². The van der Waals surface area contributed by atoms with E-state index in [0.717, 1.165) is 32.5 Å². The van der Waals surface area contributed by atoms with Gasteiger partial charge in [0.1, 0.15) is 5.60 Å². The van der Waals surface area contributed by atoms with Gasteiger partial charge in [-0.2, -0.15) is 0 Å². The number of ether oxygens (including phenoxy) is 1. The van der Waals surface area contributed by atoms with E-state index in [4.69, 9.17) is 4.74 Å². The molecule has 0 aromatic carbocycles. The quantitative estimate of drug-likeness (QED) is 0.832. The van der Waals surface area contributed by atoms with Crippen molar-refractivity contribution in [1.82, 2.24) is 10.2 Å². The number of carbonyl (C=O) groups is 1. The minimum absolute atomic E-state index is 0.139. The molecule has 1 saturated heterocycles. The van der Waals surface area contributed by atoms with Crippen molar-refractivity contribution in [2.75, 3.05) is 19.6 Å². The predicted molar refractivity (Wildman–Crippen MR) is 92.1 cm³/mol. The summed E-state index contributed by atoms with van der Waals surface area (Å²) >= 11 is 0. The summed E-state index contributed by atoms with van der Waals surface area (Å²) in [6, 6.07) is 0.522. The fraction of sp³-hybridized carbons (Fsp3) is 0.944. The van der Waals surface area contributed by atoms with Gasteiger partial charge in [0.05, 0.1) is 0 Å². The highest BCUT2D eigenvalue weighted by Crippen LogP contribution is 2.30. The van der Waals surface area contributed by atoms with Gasteiger partial charge in [0.2, 0.25) is 0 Å². The maximum atomic E-state index is 12.3. The average Bonchev–Trinajstić information content (AvgIpc) is 2.34. The average molecular weight is 312 g/mol. The van der Waals surface area contributed by atoms with Crippen molar-refractivity contribution in [3.05, 3.63) is 0 Å². The van der Waals surface area contributed by atoms with Gasteiger partial charge >= 0.3 is 6.09 Å². The number of nitrogens with zero attached hydrogens (tertiary/aromatic N) is 1. The summed E-state index contributed by atoms with van der Waals surface area (Å²) in [7, 11) is 0. The summed E-state index contributed by atoms with van der Waals surface area (Å²) in [4.78, 5) is 14.1. The largest absolute Gasteiger partial charge is 0.444 e. The van der Waals surface area contributed by atoms with Crippen molar-refractivity contribution in [2.24, 2.45) is 11.3 Å². The summed E-state index contributed by atoms with van der Waals surface area (Å²) in [6.07, 6.45) is 3.23. The monoisotopic (exact) mass is 312 g/mol. The molecule has 4 heteroatoms. The zero-order chi connectivity index (χ0) is 17.0. The maximum absolute atomic E-state index is 12.3. The summed E-state index contributed by atoms with van der Waals surface area (Å²) in [5.74, 6) is 0.708. The van der Waals surface area contributed by atoms with Crippen LogP contribution in [0.15, 0.2) is 0 Å². The van der Waals surface area contributed by atoms with Gasteiger partial charge in [0.25, 0.3) is 0 Å². The van der Waals surface area contributed by atoms with Gasteiger partial charge in [-0.05, 0) is 58.3 Å². The van der Waals surface area contributed by atoms with Crippen molar-refractivity contribution in [3.8, 4) is 0 Å². The number of rotatable bonds is 5. The van der Waals surface area contributed by atoms with Crippen molar-refractivity contribution in [2.45, 2.75) is 79.4 Å². The van der Waals surface area contributed by atoms with Gasteiger partial charge in [-0.3, -0.25) is 0 Å². The van der Waals surface area contributed by atoms with Crippen molar-refractivity contribution >= 4 is 6.09 Å². The predicted octanol–water partition coefficient (Wildman–Crippen LogP) is 4.05. The highest BCUT2D eigenvalue weighted by atomic mass is 16.6. The number of piperidine rings is 1. The Kier molecular flexibility index (Phi) is 6.72. The molecule has 2 unspecified atom stereocenters. The first-order valence-corrected chi connectivity index (χ1v) is 8.72. The normalized spacial score (nSPS) is 24.5. The Morgan fingerprint density at radius 2 is 1.95 bits per heavy atom. The number of nitrogens with one attached hydrogen (secondary N) is 1. The van der Waals surface area contributed by atoms with E-state index < -0.39 is 5.60 Å². The van der Waals surface area contributed by atoms with Crippen LogP contribution in [0.2, 0.25) is 0 Å². The van der Waals surface area contributed by atoms with E-state index in [1.807, 2.05) is 25.7 Å². The van der Waals surface area contributed by atoms with E-state index >= 15 is 0 Å². The van der Waals surface area contributed by atoms with Gasteiger partial charge in [-0.25, -0.2) is 4.79 Å². The fourth-order valence-electron chi connectivity index (χ4n) is 3.15. The second kappa shape index (κ2) is 7.67. The van der Waals surface area contributed by atoms with E-state index in [0.29, 0.717) is 12.0 Å². The molecule has 1 aliphatic heterocycles. The molecule has 0 spiro atoms. The molecule has 4 nitrogen and oxygen atoms in total. The highest BCUT2D eigenvalue weighted by molar-refractivity contribution is 5.68. The van der Waals surface area contributed by atoms with Crippen LogP contribution in [0.4, 0.5) is 4.79 Å². The topological polar surface area (TPSA) is 41.6 Å². The molecule has 1 fully saturated rings. The van der Waals surface area contributed by atoms with Gasteiger partial charge in [-0.1, -0.05) is 20.8 Å². The molecular formula is C18H36N2O2. The molecule has 1 aliphatic rings. The molecule has 0 aliphatic carbocycles. The molecule has 2 atom stereocenters. The summed E-state index contributed by atoms with van der Waals surface area (Å²) in [6.45, 7) is 17.3. The Hall–Kier alpha value is -0.770. The van der Waals surface area contributed by atoms with Gasteiger partial charge in [0, 0.05) is 25.7 Å². The molecule has 0 aromatic rings. The molecule has 1 rings (SSSR count). The zero-order valence-electron chi connectivity index (χ0n) is 15.7. The number of hydrogen-bond donors (Lipinski definition) is 1. The number of carbonyl (C=O) groups excluding carboxylic acids is 1. The lowest BCUT2D eigenvalue weighted by molar-refractivity contribution is 0.00648. The van der Waals surface area contributed by atoms with Crippen molar-refractivity contribution in [1.29, 1.82) is 0 Å². The van der Waals surface area contributed by atoms with Crippen LogP contribution in [0.3, 0.4) is 0 Å². The van der Waals surface area contributed by atoms with Crippen LogP contribution in [0.5, 0.6) is 0 Å². The van der Waals surface area contributed by atoms with Crippen LogP contribution >= 0.6 is 0 Å². The third-order valence-corrected chi connectivity index (χ3v) is 4.13. The summed E-state index contributed by atoms with van der Waals surface area (Å²) in [5.41, 5.74) is -0.282. The first kappa shape index (κ1) is 19.3. The van der Waals surface area contributed by atoms with Gasteiger partial charge in [0.15, 0.2) is 0 Å².